The predicted molar refractivity (Wildman–Crippen MR) is 152 cm³/mol. The molecule has 3 heteroatoms. The van der Waals surface area contributed by atoms with Gasteiger partial charge < -0.3 is 0 Å². The second kappa shape index (κ2) is 9.03. The number of allylic oxidation sites excluding steroid dienone is 3. The van der Waals surface area contributed by atoms with E-state index in [2.05, 4.69) is 108 Å². The molecule has 0 N–H and O–H groups in total. The molecule has 0 atom stereocenters. The maximum Gasteiger partial charge on any atom is 0.162 e. The maximum absolute atomic E-state index is 5.19. The topological polar surface area (TPSA) is 29.0 Å². The molecular formula is C34H25N3. The van der Waals surface area contributed by atoms with Crippen LogP contribution in [0.3, 0.4) is 0 Å². The number of nitrogens with zero attached hydrogens (tertiary/aromatic N) is 3. The van der Waals surface area contributed by atoms with Crippen LogP contribution >= 0.6 is 0 Å². The highest BCUT2D eigenvalue weighted by Gasteiger charge is 2.29. The first-order valence-electron chi connectivity index (χ1n) is 12.8. The first kappa shape index (κ1) is 21.5. The summed E-state index contributed by atoms with van der Waals surface area (Å²) in [6.07, 6.45) is 6.57. The van der Waals surface area contributed by atoms with Crippen LogP contribution in [-0.4, -0.2) is 9.97 Å². The largest absolute Gasteiger partial charge is 0.294 e. The Morgan fingerprint density at radius 3 is 2.03 bits per heavy atom. The van der Waals surface area contributed by atoms with E-state index in [1.54, 1.807) is 0 Å². The molecule has 176 valence electrons. The second-order valence-electron chi connectivity index (χ2n) is 9.37. The molecule has 0 spiro atoms. The van der Waals surface area contributed by atoms with E-state index in [9.17, 15) is 0 Å². The van der Waals surface area contributed by atoms with Crippen molar-refractivity contribution in [2.75, 3.05) is 4.90 Å². The Morgan fingerprint density at radius 1 is 0.595 bits per heavy atom. The zero-order valence-electron chi connectivity index (χ0n) is 20.4. The Morgan fingerprint density at radius 2 is 1.24 bits per heavy atom. The Labute approximate surface area is 217 Å². The Balaban J connectivity index is 1.53. The summed E-state index contributed by atoms with van der Waals surface area (Å²) in [5, 5.41) is 0. The van der Waals surface area contributed by atoms with E-state index in [-0.39, 0.29) is 0 Å². The summed E-state index contributed by atoms with van der Waals surface area (Å²) >= 11 is 0. The Hall–Kier alpha value is -4.76. The average molecular weight is 476 g/mol. The third-order valence-corrected chi connectivity index (χ3v) is 7.12. The highest BCUT2D eigenvalue weighted by molar-refractivity contribution is 5.97. The van der Waals surface area contributed by atoms with Gasteiger partial charge in [0.1, 0.15) is 5.82 Å². The summed E-state index contributed by atoms with van der Waals surface area (Å²) < 4.78 is 0. The van der Waals surface area contributed by atoms with Crippen LogP contribution < -0.4 is 4.90 Å². The molecule has 1 aliphatic carbocycles. The molecule has 0 saturated carbocycles. The van der Waals surface area contributed by atoms with Crippen LogP contribution in [0.5, 0.6) is 0 Å². The maximum atomic E-state index is 5.19. The minimum absolute atomic E-state index is 0.720. The fourth-order valence-electron chi connectivity index (χ4n) is 5.41. The van der Waals surface area contributed by atoms with Crippen LogP contribution in [0.15, 0.2) is 133 Å². The summed E-state index contributed by atoms with van der Waals surface area (Å²) in [4.78, 5) is 12.5. The van der Waals surface area contributed by atoms with E-state index < -0.39 is 0 Å². The predicted octanol–water partition coefficient (Wildman–Crippen LogP) is 8.69. The van der Waals surface area contributed by atoms with Crippen molar-refractivity contribution in [2.24, 2.45) is 0 Å². The van der Waals surface area contributed by atoms with E-state index in [0.717, 1.165) is 47.0 Å². The SMILES string of the molecule is C1=CC2=C(CC1)c1ccccc1-c1ccccc1N2c1cc(-c2ccccc2)nc(-c2ccccc2)n1. The van der Waals surface area contributed by atoms with Gasteiger partial charge in [-0.1, -0.05) is 109 Å². The molecule has 0 unspecified atom stereocenters. The third kappa shape index (κ3) is 3.76. The number of hydrogen-bond donors (Lipinski definition) is 0. The molecule has 2 aliphatic rings. The van der Waals surface area contributed by atoms with E-state index >= 15 is 0 Å². The van der Waals surface area contributed by atoms with Gasteiger partial charge in [-0.15, -0.1) is 0 Å². The second-order valence-corrected chi connectivity index (χ2v) is 9.37. The molecule has 0 fully saturated rings. The molecule has 1 aliphatic heterocycles. The third-order valence-electron chi connectivity index (χ3n) is 7.12. The number of benzene rings is 4. The number of para-hydroxylation sites is 1. The van der Waals surface area contributed by atoms with Gasteiger partial charge in [-0.2, -0.15) is 0 Å². The van der Waals surface area contributed by atoms with Gasteiger partial charge in [-0.25, -0.2) is 9.97 Å². The standard InChI is InChI=1S/C34H25N3/c1-3-13-24(14-4-1)30-23-33(36-34(35-30)25-15-5-2-6-16-25)37-31-21-11-9-19-28(31)26-17-7-8-18-27(26)29-20-10-12-22-32(29)37/h1-9,11-19,21-23H,10,20H2. The van der Waals surface area contributed by atoms with Gasteiger partial charge in [0.2, 0.25) is 0 Å². The fraction of sp³-hybridized carbons (Fsp3) is 0.0588. The van der Waals surface area contributed by atoms with Gasteiger partial charge in [-0.3, -0.25) is 4.90 Å². The highest BCUT2D eigenvalue weighted by Crippen LogP contribution is 2.48. The van der Waals surface area contributed by atoms with Crippen molar-refractivity contribution in [3.05, 3.63) is 139 Å². The van der Waals surface area contributed by atoms with Gasteiger partial charge in [0.25, 0.3) is 0 Å². The van der Waals surface area contributed by atoms with E-state index in [1.807, 2.05) is 24.3 Å². The molecule has 0 saturated heterocycles. The molecule has 7 rings (SSSR count). The first-order valence-corrected chi connectivity index (χ1v) is 12.8. The van der Waals surface area contributed by atoms with Crippen molar-refractivity contribution in [3.8, 4) is 33.8 Å². The molecule has 2 heterocycles. The number of fused-ring (bicyclic) bond motifs is 4. The Bertz CT molecular complexity index is 1610. The molecule has 0 bridgehead atoms. The zero-order chi connectivity index (χ0) is 24.6. The summed E-state index contributed by atoms with van der Waals surface area (Å²) in [6.45, 7) is 0. The number of aromatic nitrogens is 2. The lowest BCUT2D eigenvalue weighted by atomic mass is 9.90. The van der Waals surface area contributed by atoms with Crippen molar-refractivity contribution in [1.82, 2.24) is 9.97 Å². The van der Waals surface area contributed by atoms with Crippen molar-refractivity contribution in [1.29, 1.82) is 0 Å². The number of anilines is 2. The lowest BCUT2D eigenvalue weighted by Crippen LogP contribution is -2.19. The van der Waals surface area contributed by atoms with Crippen LogP contribution in [0.2, 0.25) is 0 Å². The molecule has 37 heavy (non-hydrogen) atoms. The summed E-state index contributed by atoms with van der Waals surface area (Å²) in [6, 6.07) is 40.2. The molecular weight excluding hydrogens is 450 g/mol. The first-order chi connectivity index (χ1) is 18.4. The molecule has 0 amide bonds. The normalized spacial score (nSPS) is 14.0. The number of rotatable bonds is 3. The molecule has 1 aromatic heterocycles. The Kier molecular flexibility index (Phi) is 5.25. The fourth-order valence-corrected chi connectivity index (χ4v) is 5.41. The quantitative estimate of drug-likeness (QED) is 0.261. The van der Waals surface area contributed by atoms with Crippen LogP contribution in [0, 0.1) is 0 Å². The monoisotopic (exact) mass is 475 g/mol. The van der Waals surface area contributed by atoms with Crippen LogP contribution in [0.4, 0.5) is 11.5 Å². The molecule has 3 nitrogen and oxygen atoms in total. The summed E-state index contributed by atoms with van der Waals surface area (Å²) in [5.74, 6) is 1.59. The van der Waals surface area contributed by atoms with Gasteiger partial charge >= 0.3 is 0 Å². The number of hydrogen-bond acceptors (Lipinski definition) is 3. The van der Waals surface area contributed by atoms with E-state index in [4.69, 9.17) is 9.97 Å². The van der Waals surface area contributed by atoms with Gasteiger partial charge in [0, 0.05) is 22.8 Å². The van der Waals surface area contributed by atoms with Crippen LogP contribution in [0.25, 0.3) is 39.3 Å². The van der Waals surface area contributed by atoms with Gasteiger partial charge in [-0.05, 0) is 41.7 Å². The van der Waals surface area contributed by atoms with Gasteiger partial charge in [0.15, 0.2) is 5.82 Å². The molecule has 4 aromatic carbocycles. The highest BCUT2D eigenvalue weighted by atomic mass is 15.2. The lowest BCUT2D eigenvalue weighted by molar-refractivity contribution is 1.01. The van der Waals surface area contributed by atoms with Crippen LogP contribution in [-0.2, 0) is 0 Å². The minimum Gasteiger partial charge on any atom is -0.294 e. The van der Waals surface area contributed by atoms with Crippen molar-refractivity contribution in [2.45, 2.75) is 12.8 Å². The minimum atomic E-state index is 0.720. The lowest BCUT2D eigenvalue weighted by Gasteiger charge is -2.29. The van der Waals surface area contributed by atoms with Gasteiger partial charge in [0.05, 0.1) is 17.1 Å². The van der Waals surface area contributed by atoms with E-state index in [1.165, 1.54) is 28.0 Å². The molecule has 0 radical (unpaired) electrons. The average Bonchev–Trinajstić information content (AvgIpc) is 3.11. The van der Waals surface area contributed by atoms with Crippen molar-refractivity contribution >= 4 is 17.1 Å². The smallest absolute Gasteiger partial charge is 0.162 e. The summed E-state index contributed by atoms with van der Waals surface area (Å²) in [7, 11) is 0. The molecule has 5 aromatic rings. The van der Waals surface area contributed by atoms with Crippen molar-refractivity contribution < 1.29 is 0 Å². The zero-order valence-corrected chi connectivity index (χ0v) is 20.4. The van der Waals surface area contributed by atoms with E-state index in [0.29, 0.717) is 0 Å². The van der Waals surface area contributed by atoms with Crippen molar-refractivity contribution in [3.63, 3.8) is 0 Å². The summed E-state index contributed by atoms with van der Waals surface area (Å²) in [5.41, 5.74) is 10.4. The van der Waals surface area contributed by atoms with Crippen LogP contribution in [0.1, 0.15) is 18.4 Å².